The largest absolute Gasteiger partial charge is 0.455 e. The van der Waals surface area contributed by atoms with Crippen LogP contribution in [0.25, 0.3) is 133 Å². The molecule has 0 spiro atoms. The molecule has 4 heterocycles. The molecule has 0 atom stereocenters. The van der Waals surface area contributed by atoms with Crippen LogP contribution in [0.4, 0.5) is 0 Å². The van der Waals surface area contributed by atoms with Gasteiger partial charge in [0.2, 0.25) is 0 Å². The second-order valence-electron chi connectivity index (χ2n) is 29.5. The molecule has 4 aliphatic carbocycles. The monoisotopic (exact) mass is 1140 g/mol. The van der Waals surface area contributed by atoms with E-state index in [0.717, 1.165) is 22.3 Å². The predicted octanol–water partition coefficient (Wildman–Crippen LogP) is 19.7. The Morgan fingerprint density at radius 3 is 0.977 bits per heavy atom. The van der Waals surface area contributed by atoms with Crippen molar-refractivity contribution in [2.24, 2.45) is 0 Å². The van der Waals surface area contributed by atoms with E-state index >= 15 is 0 Å². The van der Waals surface area contributed by atoms with E-state index in [-0.39, 0.29) is 21.7 Å². The maximum absolute atomic E-state index is 7.30. The van der Waals surface area contributed by atoms with Gasteiger partial charge in [-0.3, -0.25) is 0 Å². The zero-order valence-electron chi connectivity index (χ0n) is 51.1. The summed E-state index contributed by atoms with van der Waals surface area (Å²) in [6.45, 7) is 29.7. The Kier molecular flexibility index (Phi) is 8.97. The quantitative estimate of drug-likeness (QED) is 0.161. The van der Waals surface area contributed by atoms with Crippen molar-refractivity contribution in [3.63, 3.8) is 0 Å². The minimum atomic E-state index is -2.40. The molecule has 11 aromatic carbocycles. The Hall–Kier alpha value is -8.55. The van der Waals surface area contributed by atoms with Gasteiger partial charge in [-0.25, -0.2) is 0 Å². The molecule has 13 aromatic rings. The van der Waals surface area contributed by atoms with E-state index in [4.69, 9.17) is 8.83 Å². The van der Waals surface area contributed by atoms with Gasteiger partial charge >= 0.3 is 0 Å². The van der Waals surface area contributed by atoms with Crippen molar-refractivity contribution < 1.29 is 8.83 Å². The first-order valence-electron chi connectivity index (χ1n) is 31.2. The van der Waals surface area contributed by atoms with Gasteiger partial charge in [0.25, 0.3) is 0 Å². The maximum Gasteiger partial charge on any atom is 0.143 e. The molecule has 414 valence electrons. The fourth-order valence-electron chi connectivity index (χ4n) is 18.3. The summed E-state index contributed by atoms with van der Waals surface area (Å²) in [6, 6.07) is 71.1. The van der Waals surface area contributed by atoms with Crippen LogP contribution in [-0.2, 0) is 21.7 Å². The zero-order valence-corrected chi connectivity index (χ0v) is 53.1. The summed E-state index contributed by atoms with van der Waals surface area (Å²) in [6.07, 6.45) is 0. The first-order chi connectivity index (χ1) is 41.2. The first-order valence-corrected chi connectivity index (χ1v) is 37.2. The average molecular weight is 1140 g/mol. The van der Waals surface area contributed by atoms with E-state index in [0.29, 0.717) is 0 Å². The van der Waals surface area contributed by atoms with Crippen LogP contribution >= 0.6 is 0 Å². The van der Waals surface area contributed by atoms with Crippen molar-refractivity contribution >= 4 is 80.8 Å². The highest BCUT2D eigenvalue weighted by Gasteiger charge is 2.49. The molecule has 0 bridgehead atoms. The number of hydrogen-bond donors (Lipinski definition) is 0. The number of furan rings is 2. The Balaban J connectivity index is 0.768. The van der Waals surface area contributed by atoms with Crippen molar-refractivity contribution in [1.82, 2.24) is 0 Å². The number of rotatable bonds is 2. The summed E-state index contributed by atoms with van der Waals surface area (Å²) in [7, 11) is -4.79. The summed E-state index contributed by atoms with van der Waals surface area (Å²) in [5, 5.41) is 10.7. The molecule has 0 N–H and O–H groups in total. The molecule has 0 saturated heterocycles. The molecule has 6 aliphatic rings. The van der Waals surface area contributed by atoms with Crippen LogP contribution in [0.2, 0.25) is 26.2 Å². The molecular weight excluding hydrogens is 1070 g/mol. The molecule has 0 unspecified atom stereocenters. The number of hydrogen-bond acceptors (Lipinski definition) is 2. The molecule has 2 aliphatic heterocycles. The summed E-state index contributed by atoms with van der Waals surface area (Å²) in [5.41, 5.74) is 36.1. The van der Waals surface area contributed by atoms with Crippen LogP contribution in [-0.4, -0.2) is 16.1 Å². The highest BCUT2D eigenvalue weighted by atomic mass is 28.3. The van der Waals surface area contributed by atoms with Crippen LogP contribution in [0, 0.1) is 0 Å². The Morgan fingerprint density at radius 1 is 0.267 bits per heavy atom. The molecular formula is C82H66O2Si2. The topological polar surface area (TPSA) is 26.3 Å². The molecule has 0 radical (unpaired) electrons. The highest BCUT2D eigenvalue weighted by Crippen LogP contribution is 2.60. The zero-order chi connectivity index (χ0) is 58.4. The molecule has 0 amide bonds. The maximum atomic E-state index is 7.30. The summed E-state index contributed by atoms with van der Waals surface area (Å²) in [5.74, 6) is 0. The SMILES string of the molecule is CC1(C)c2ccccc2-c2cc3c(cc21)-c1ccc(-c2cc4c(c5oc6ccccc6c25)-c2cc5c(cc2[Si]4(C)C)-c2c(cc(-c4ccc6c(c4)C(C)(C)c4cc7c(cc4-6)C(C)(C)c4ccccc4-7)c4c2oc2ccccc24)[Si]5(C)C)cc1C3(C)C. The van der Waals surface area contributed by atoms with Crippen LogP contribution in [0.1, 0.15) is 99.9 Å². The van der Waals surface area contributed by atoms with Crippen LogP contribution in [0.5, 0.6) is 0 Å². The summed E-state index contributed by atoms with van der Waals surface area (Å²) in [4.78, 5) is 0. The van der Waals surface area contributed by atoms with Gasteiger partial charge in [0.15, 0.2) is 0 Å². The van der Waals surface area contributed by atoms with E-state index in [1.807, 2.05) is 0 Å². The molecule has 86 heavy (non-hydrogen) atoms. The van der Waals surface area contributed by atoms with Gasteiger partial charge in [-0.15, -0.1) is 0 Å². The van der Waals surface area contributed by atoms with Crippen molar-refractivity contribution in [2.75, 3.05) is 0 Å². The summed E-state index contributed by atoms with van der Waals surface area (Å²) < 4.78 is 14.6. The molecule has 0 fully saturated rings. The van der Waals surface area contributed by atoms with Crippen molar-refractivity contribution in [2.45, 2.75) is 103 Å². The molecule has 0 saturated carbocycles. The van der Waals surface area contributed by atoms with Gasteiger partial charge in [0, 0.05) is 54.3 Å². The van der Waals surface area contributed by atoms with Gasteiger partial charge in [0.05, 0.1) is 0 Å². The van der Waals surface area contributed by atoms with E-state index < -0.39 is 16.1 Å². The number of benzene rings is 11. The van der Waals surface area contributed by atoms with Crippen molar-refractivity contribution in [3.8, 4) is 89.0 Å². The van der Waals surface area contributed by atoms with Crippen LogP contribution in [0.15, 0.2) is 191 Å². The smallest absolute Gasteiger partial charge is 0.143 e. The second-order valence-corrected chi connectivity index (χ2v) is 38.1. The van der Waals surface area contributed by atoms with Gasteiger partial charge in [-0.05, 0) is 192 Å². The van der Waals surface area contributed by atoms with Gasteiger partial charge < -0.3 is 8.83 Å². The fourth-order valence-corrected chi connectivity index (χ4v) is 24.4. The average Bonchev–Trinajstić information content (AvgIpc) is 2.29. The Bertz CT molecular complexity index is 5070. The lowest BCUT2D eigenvalue weighted by Gasteiger charge is -2.24. The van der Waals surface area contributed by atoms with Crippen molar-refractivity contribution in [1.29, 1.82) is 0 Å². The lowest BCUT2D eigenvalue weighted by atomic mass is 9.79. The first kappa shape index (κ1) is 49.7. The van der Waals surface area contributed by atoms with E-state index in [1.54, 1.807) is 0 Å². The third-order valence-electron chi connectivity index (χ3n) is 23.1. The molecule has 2 aromatic heterocycles. The Morgan fingerprint density at radius 2 is 0.581 bits per heavy atom. The highest BCUT2D eigenvalue weighted by molar-refractivity contribution is 7.06. The number of para-hydroxylation sites is 2. The molecule has 4 heteroatoms. The van der Waals surface area contributed by atoms with E-state index in [9.17, 15) is 0 Å². The van der Waals surface area contributed by atoms with E-state index in [1.165, 1.54) is 176 Å². The molecule has 2 nitrogen and oxygen atoms in total. The van der Waals surface area contributed by atoms with Crippen LogP contribution in [0.3, 0.4) is 0 Å². The lowest BCUT2D eigenvalue weighted by Crippen LogP contribution is -2.51. The minimum absolute atomic E-state index is 0.0611. The van der Waals surface area contributed by atoms with Gasteiger partial charge in [-0.1, -0.05) is 215 Å². The second kappa shape index (κ2) is 15.5. The predicted molar refractivity (Wildman–Crippen MR) is 366 cm³/mol. The Labute approximate surface area is 505 Å². The standard InChI is InChI=1S/C82H66O2Si2/c1-79(2)59-25-17-13-21-45(59)53-35-65-55(37-63(53)79)47-31-29-43(33-61(47)81(65,5)6)51-39-71-75(77-73(51)49-23-15-19-27-67(49)83-77)57-41-70-58(42-69(57)85(71,9)10)76-72(86(70,11)12)40-52(74-50-24-16-20-28-68(50)84-78(74)76)44-30-32-48-56-38-64-54(36-66(56)82(7,8)62(48)34-44)46-22-14-18-26-60(46)80(64,3)4/h13-42H,1-12H3. The minimum Gasteiger partial charge on any atom is -0.455 e. The molecule has 19 rings (SSSR count). The van der Waals surface area contributed by atoms with Crippen LogP contribution < -0.4 is 20.7 Å². The van der Waals surface area contributed by atoms with Crippen molar-refractivity contribution in [3.05, 3.63) is 226 Å². The van der Waals surface area contributed by atoms with Gasteiger partial charge in [-0.2, -0.15) is 0 Å². The fraction of sp³-hybridized carbons (Fsp3) is 0.195. The van der Waals surface area contributed by atoms with E-state index in [2.05, 4.69) is 264 Å². The third kappa shape index (κ3) is 5.76. The third-order valence-corrected chi connectivity index (χ3v) is 30.1. The lowest BCUT2D eigenvalue weighted by molar-refractivity contribution is 0.652. The number of fused-ring (bicyclic) bond motifs is 26. The summed E-state index contributed by atoms with van der Waals surface area (Å²) >= 11 is 0. The van der Waals surface area contributed by atoms with Gasteiger partial charge in [0.1, 0.15) is 38.5 Å². The normalized spacial score (nSPS) is 17.6.